The number of hydrogen-bond donors (Lipinski definition) is 1. The molecule has 0 fully saturated rings. The Balaban J connectivity index is 2.00. The number of nitrogens with zero attached hydrogens (tertiary/aromatic N) is 4. The molecule has 5 nitrogen and oxygen atoms in total. The standard InChI is InChI=1S/C16H13F6N5/c1-9-7-12(27-14(23-9)25-13(26-27)16(20,21)22)24-11(15(17,18)19)8-10-5-3-2-4-6-10/h2-7,11,24H,8H2,1H3/t11-/m1/s1. The Morgan fingerprint density at radius 2 is 1.70 bits per heavy atom. The Morgan fingerprint density at radius 3 is 2.30 bits per heavy atom. The first-order valence-electron chi connectivity index (χ1n) is 7.73. The molecule has 0 aliphatic rings. The van der Waals surface area contributed by atoms with Crippen LogP contribution in [0.1, 0.15) is 17.1 Å². The predicted molar refractivity (Wildman–Crippen MR) is 84.1 cm³/mol. The number of alkyl halides is 6. The van der Waals surface area contributed by atoms with Crippen molar-refractivity contribution >= 4 is 11.6 Å². The molecule has 0 unspecified atom stereocenters. The average Bonchev–Trinajstić information content (AvgIpc) is 2.98. The topological polar surface area (TPSA) is 55.1 Å². The minimum absolute atomic E-state index is 0.201. The van der Waals surface area contributed by atoms with Gasteiger partial charge in [0.05, 0.1) is 0 Å². The summed E-state index contributed by atoms with van der Waals surface area (Å²) in [5.74, 6) is -2.19. The van der Waals surface area contributed by atoms with Gasteiger partial charge in [0.1, 0.15) is 11.9 Å². The molecule has 2 heterocycles. The molecule has 0 amide bonds. The largest absolute Gasteiger partial charge is 0.453 e. The highest BCUT2D eigenvalue weighted by atomic mass is 19.4. The molecule has 11 heteroatoms. The van der Waals surface area contributed by atoms with Crippen molar-refractivity contribution in [3.8, 4) is 0 Å². The van der Waals surface area contributed by atoms with E-state index >= 15 is 0 Å². The maximum Gasteiger partial charge on any atom is 0.453 e. The molecule has 1 N–H and O–H groups in total. The Bertz CT molecular complexity index is 932. The number of nitrogens with one attached hydrogen (secondary N) is 1. The van der Waals surface area contributed by atoms with E-state index in [2.05, 4.69) is 20.4 Å². The zero-order valence-electron chi connectivity index (χ0n) is 13.8. The van der Waals surface area contributed by atoms with E-state index in [0.717, 1.165) is 0 Å². The summed E-state index contributed by atoms with van der Waals surface area (Å²) in [6.07, 6.45) is -9.90. The maximum absolute atomic E-state index is 13.5. The normalized spacial score (nSPS) is 13.7. The molecule has 3 rings (SSSR count). The SMILES string of the molecule is Cc1cc(N[C@H](Cc2ccccc2)C(F)(F)F)n2nc(C(F)(F)F)nc2n1. The summed E-state index contributed by atoms with van der Waals surface area (Å²) >= 11 is 0. The van der Waals surface area contributed by atoms with Crippen molar-refractivity contribution in [2.45, 2.75) is 31.7 Å². The van der Waals surface area contributed by atoms with Gasteiger partial charge >= 0.3 is 12.4 Å². The summed E-state index contributed by atoms with van der Waals surface area (Å²) in [6.45, 7) is 1.44. The van der Waals surface area contributed by atoms with Crippen molar-refractivity contribution in [1.29, 1.82) is 0 Å². The van der Waals surface area contributed by atoms with E-state index in [1.165, 1.54) is 25.1 Å². The number of hydrogen-bond acceptors (Lipinski definition) is 4. The molecule has 0 saturated heterocycles. The van der Waals surface area contributed by atoms with Crippen LogP contribution < -0.4 is 5.32 Å². The van der Waals surface area contributed by atoms with Crippen LogP contribution in [0.4, 0.5) is 32.2 Å². The van der Waals surface area contributed by atoms with Gasteiger partial charge in [-0.05, 0) is 12.5 Å². The first kappa shape index (κ1) is 18.9. The van der Waals surface area contributed by atoms with Gasteiger partial charge in [0.15, 0.2) is 0 Å². The van der Waals surface area contributed by atoms with Gasteiger partial charge in [-0.15, -0.1) is 5.10 Å². The van der Waals surface area contributed by atoms with Crippen LogP contribution >= 0.6 is 0 Å². The lowest BCUT2D eigenvalue weighted by Crippen LogP contribution is -2.38. The van der Waals surface area contributed by atoms with Gasteiger partial charge < -0.3 is 5.32 Å². The number of halogens is 6. The second-order valence-corrected chi connectivity index (χ2v) is 5.86. The molecule has 144 valence electrons. The monoisotopic (exact) mass is 389 g/mol. The molecule has 0 spiro atoms. The fourth-order valence-corrected chi connectivity index (χ4v) is 2.49. The smallest absolute Gasteiger partial charge is 0.358 e. The van der Waals surface area contributed by atoms with Crippen LogP contribution in [-0.2, 0) is 12.6 Å². The second-order valence-electron chi connectivity index (χ2n) is 5.86. The minimum Gasteiger partial charge on any atom is -0.358 e. The predicted octanol–water partition coefficient (Wildman–Crippen LogP) is 4.04. The van der Waals surface area contributed by atoms with Crippen LogP contribution in [0.5, 0.6) is 0 Å². The first-order chi connectivity index (χ1) is 12.5. The number of fused-ring (bicyclic) bond motifs is 1. The van der Waals surface area contributed by atoms with Crippen molar-refractivity contribution in [2.75, 3.05) is 5.32 Å². The number of benzene rings is 1. The fourth-order valence-electron chi connectivity index (χ4n) is 2.49. The third-order valence-corrected chi connectivity index (χ3v) is 3.69. The van der Waals surface area contributed by atoms with Gasteiger partial charge in [0, 0.05) is 18.2 Å². The summed E-state index contributed by atoms with van der Waals surface area (Å²) in [6, 6.07) is 7.09. The van der Waals surface area contributed by atoms with Crippen molar-refractivity contribution in [3.05, 3.63) is 53.5 Å². The summed E-state index contributed by atoms with van der Waals surface area (Å²) < 4.78 is 79.6. The van der Waals surface area contributed by atoms with Gasteiger partial charge in [-0.1, -0.05) is 30.3 Å². The molecule has 27 heavy (non-hydrogen) atoms. The molecule has 0 aliphatic carbocycles. The van der Waals surface area contributed by atoms with Crippen molar-refractivity contribution < 1.29 is 26.3 Å². The minimum atomic E-state index is -4.84. The van der Waals surface area contributed by atoms with E-state index in [1.807, 2.05) is 0 Å². The summed E-state index contributed by atoms with van der Waals surface area (Å²) in [5, 5.41) is 5.50. The molecular formula is C16H13F6N5. The number of aryl methyl sites for hydroxylation is 1. The van der Waals surface area contributed by atoms with Gasteiger partial charge in [0.25, 0.3) is 11.6 Å². The van der Waals surface area contributed by atoms with Crippen LogP contribution in [0.15, 0.2) is 36.4 Å². The zero-order valence-corrected chi connectivity index (χ0v) is 13.8. The summed E-state index contributed by atoms with van der Waals surface area (Å²) in [7, 11) is 0. The molecule has 0 saturated carbocycles. The lowest BCUT2D eigenvalue weighted by molar-refractivity contribution is -0.145. The number of rotatable bonds is 4. The molecule has 0 aliphatic heterocycles. The molecule has 2 aromatic heterocycles. The lowest BCUT2D eigenvalue weighted by atomic mass is 10.1. The molecule has 0 radical (unpaired) electrons. The molecule has 1 atom stereocenters. The van der Waals surface area contributed by atoms with E-state index in [-0.39, 0.29) is 11.5 Å². The van der Waals surface area contributed by atoms with Crippen LogP contribution in [0.2, 0.25) is 0 Å². The number of anilines is 1. The van der Waals surface area contributed by atoms with Crippen LogP contribution in [0.3, 0.4) is 0 Å². The van der Waals surface area contributed by atoms with Gasteiger partial charge in [-0.3, -0.25) is 0 Å². The third-order valence-electron chi connectivity index (χ3n) is 3.69. The van der Waals surface area contributed by atoms with E-state index < -0.39 is 36.4 Å². The maximum atomic E-state index is 13.5. The average molecular weight is 389 g/mol. The van der Waals surface area contributed by atoms with E-state index in [0.29, 0.717) is 10.1 Å². The van der Waals surface area contributed by atoms with E-state index in [9.17, 15) is 26.3 Å². The van der Waals surface area contributed by atoms with Gasteiger partial charge in [-0.2, -0.15) is 35.8 Å². The fraction of sp³-hybridized carbons (Fsp3) is 0.312. The second kappa shape index (κ2) is 6.71. The molecule has 0 bridgehead atoms. The lowest BCUT2D eigenvalue weighted by Gasteiger charge is -2.23. The zero-order chi connectivity index (χ0) is 19.8. The molecular weight excluding hydrogens is 376 g/mol. The highest BCUT2D eigenvalue weighted by molar-refractivity contribution is 5.46. The third kappa shape index (κ3) is 4.29. The van der Waals surface area contributed by atoms with Crippen molar-refractivity contribution in [1.82, 2.24) is 19.6 Å². The van der Waals surface area contributed by atoms with Crippen LogP contribution in [0, 0.1) is 6.92 Å². The Labute approximate surface area is 149 Å². The summed E-state index contributed by atoms with van der Waals surface area (Å²) in [4.78, 5) is 7.05. The molecule has 1 aromatic carbocycles. The van der Waals surface area contributed by atoms with Gasteiger partial charge in [-0.25, -0.2) is 4.98 Å². The van der Waals surface area contributed by atoms with Crippen molar-refractivity contribution in [2.24, 2.45) is 0 Å². The Morgan fingerprint density at radius 1 is 1.04 bits per heavy atom. The van der Waals surface area contributed by atoms with Crippen LogP contribution in [-0.4, -0.2) is 31.8 Å². The number of aromatic nitrogens is 4. The first-order valence-corrected chi connectivity index (χ1v) is 7.73. The Hall–Kier alpha value is -2.85. The van der Waals surface area contributed by atoms with Gasteiger partial charge in [0.2, 0.25) is 0 Å². The van der Waals surface area contributed by atoms with E-state index in [4.69, 9.17) is 0 Å². The van der Waals surface area contributed by atoms with Crippen molar-refractivity contribution in [3.63, 3.8) is 0 Å². The van der Waals surface area contributed by atoms with E-state index in [1.54, 1.807) is 18.2 Å². The highest BCUT2D eigenvalue weighted by Gasteiger charge is 2.41. The molecule has 3 aromatic rings. The Kier molecular flexibility index (Phi) is 4.70. The van der Waals surface area contributed by atoms with Crippen LogP contribution in [0.25, 0.3) is 5.78 Å². The summed E-state index contributed by atoms with van der Waals surface area (Å²) in [5.41, 5.74) is 0.621. The quantitative estimate of drug-likeness (QED) is 0.685. The highest BCUT2D eigenvalue weighted by Crippen LogP contribution is 2.29.